The molecule has 0 aliphatic heterocycles. The first-order chi connectivity index (χ1) is 11.6. The van der Waals surface area contributed by atoms with E-state index in [1.807, 2.05) is 26.2 Å². The van der Waals surface area contributed by atoms with Crippen LogP contribution in [0.2, 0.25) is 0 Å². The van der Waals surface area contributed by atoms with Gasteiger partial charge in [-0.2, -0.15) is 5.26 Å². The molecule has 0 saturated carbocycles. The Bertz CT molecular complexity index is 903. The van der Waals surface area contributed by atoms with Crippen molar-refractivity contribution in [3.05, 3.63) is 59.2 Å². The van der Waals surface area contributed by atoms with E-state index in [-0.39, 0.29) is 4.90 Å². The largest absolute Gasteiger partial charge is 0.361 e. The molecule has 0 spiro atoms. The molecule has 0 radical (unpaired) electrons. The number of aryl methyl sites for hydroxylation is 1. The molecule has 0 aromatic heterocycles. The summed E-state index contributed by atoms with van der Waals surface area (Å²) in [5, 5.41) is 12.2. The van der Waals surface area contributed by atoms with Crippen LogP contribution < -0.4 is 5.23 Å². The molecule has 122 valence electrons. The topological polar surface area (TPSA) is 70.0 Å². The Morgan fingerprint density at radius 2 is 2.00 bits per heavy atom. The van der Waals surface area contributed by atoms with Crippen LogP contribution in [-0.2, 0) is 16.3 Å². The Morgan fingerprint density at radius 3 is 2.75 bits per heavy atom. The zero-order chi connectivity index (χ0) is 17.2. The van der Waals surface area contributed by atoms with Crippen LogP contribution in [0.5, 0.6) is 0 Å². The highest BCUT2D eigenvalue weighted by molar-refractivity contribution is 7.91. The molecule has 2 aromatic carbocycles. The molecule has 1 N–H and O–H groups in total. The van der Waals surface area contributed by atoms with Gasteiger partial charge >= 0.3 is 0 Å². The number of nitrogens with zero attached hydrogens (tertiary/aromatic N) is 1. The number of sulfone groups is 1. The van der Waals surface area contributed by atoms with Crippen molar-refractivity contribution in [3.8, 4) is 6.07 Å². The van der Waals surface area contributed by atoms with Gasteiger partial charge in [0, 0.05) is 0 Å². The average Bonchev–Trinajstić information content (AvgIpc) is 2.62. The molecule has 1 atom stereocenters. The van der Waals surface area contributed by atoms with Gasteiger partial charge in [0.1, 0.15) is 0 Å². The number of hydrogen-bond acceptors (Lipinski definition) is 4. The fourth-order valence-electron chi connectivity index (χ4n) is 3.39. The van der Waals surface area contributed by atoms with Crippen LogP contribution in [0.4, 0.5) is 0 Å². The standard InChI is InChI=1S/C18H19BN2O2S/c19-21-12-15-5-2-4-14-10-17(7-8-18(14)15)24(22,23)16-6-1-3-13(9-16)11-20/h1,3,6-10,15,21H,2,4-5,12,19H2/t15-/m0/s1. The van der Waals surface area contributed by atoms with Gasteiger partial charge in [0.2, 0.25) is 9.84 Å². The first kappa shape index (κ1) is 16.8. The van der Waals surface area contributed by atoms with Crippen molar-refractivity contribution in [1.82, 2.24) is 5.23 Å². The van der Waals surface area contributed by atoms with E-state index in [2.05, 4.69) is 5.23 Å². The van der Waals surface area contributed by atoms with Crippen LogP contribution in [-0.4, -0.2) is 22.9 Å². The highest BCUT2D eigenvalue weighted by atomic mass is 32.2. The number of hydrogen-bond donors (Lipinski definition) is 1. The van der Waals surface area contributed by atoms with Gasteiger partial charge in [-0.05, 0) is 73.2 Å². The third-order valence-corrected chi connectivity index (χ3v) is 6.34. The van der Waals surface area contributed by atoms with Crippen molar-refractivity contribution in [3.63, 3.8) is 0 Å². The highest BCUT2D eigenvalue weighted by Gasteiger charge is 2.24. The van der Waals surface area contributed by atoms with Crippen molar-refractivity contribution < 1.29 is 8.42 Å². The lowest BCUT2D eigenvalue weighted by Gasteiger charge is -2.26. The van der Waals surface area contributed by atoms with Gasteiger partial charge in [-0.3, -0.25) is 0 Å². The summed E-state index contributed by atoms with van der Waals surface area (Å²) in [7, 11) is -1.66. The minimum Gasteiger partial charge on any atom is -0.361 e. The fraction of sp³-hybridized carbons (Fsp3) is 0.278. The van der Waals surface area contributed by atoms with E-state index in [1.165, 1.54) is 11.6 Å². The molecule has 0 bridgehead atoms. The van der Waals surface area contributed by atoms with Crippen molar-refractivity contribution in [2.24, 2.45) is 0 Å². The van der Waals surface area contributed by atoms with E-state index in [0.29, 0.717) is 16.4 Å². The quantitative estimate of drug-likeness (QED) is 0.865. The SMILES string of the molecule is BNC[C@@H]1CCCc2cc(S(=O)(=O)c3cccc(C#N)c3)ccc21. The Hall–Kier alpha value is -2.10. The third-order valence-electron chi connectivity index (χ3n) is 4.59. The fourth-order valence-corrected chi connectivity index (χ4v) is 4.74. The van der Waals surface area contributed by atoms with E-state index in [0.717, 1.165) is 31.4 Å². The van der Waals surface area contributed by atoms with Crippen LogP contribution in [0.15, 0.2) is 52.3 Å². The van der Waals surface area contributed by atoms with Gasteiger partial charge in [0.05, 0.1) is 21.4 Å². The minimum atomic E-state index is -3.60. The summed E-state index contributed by atoms with van der Waals surface area (Å²) in [4.78, 5) is 0.477. The Kier molecular flexibility index (Phi) is 4.75. The molecule has 6 heteroatoms. The van der Waals surface area contributed by atoms with E-state index < -0.39 is 9.84 Å². The normalized spacial score (nSPS) is 17.0. The zero-order valence-corrected chi connectivity index (χ0v) is 14.4. The lowest BCUT2D eigenvalue weighted by atomic mass is 9.82. The second kappa shape index (κ2) is 6.80. The summed E-state index contributed by atoms with van der Waals surface area (Å²) in [5.74, 6) is 0.442. The Morgan fingerprint density at radius 1 is 1.21 bits per heavy atom. The first-order valence-corrected chi connectivity index (χ1v) is 9.57. The number of nitrogens with one attached hydrogen (secondary N) is 1. The summed E-state index contributed by atoms with van der Waals surface area (Å²) >= 11 is 0. The number of rotatable bonds is 4. The summed E-state index contributed by atoms with van der Waals surface area (Å²) in [6.45, 7) is 0.906. The van der Waals surface area contributed by atoms with Crippen LogP contribution in [0.3, 0.4) is 0 Å². The predicted octanol–water partition coefficient (Wildman–Crippen LogP) is 1.95. The molecule has 0 saturated heterocycles. The maximum Gasteiger partial charge on any atom is 0.206 e. The van der Waals surface area contributed by atoms with Crippen LogP contribution in [0.1, 0.15) is 35.4 Å². The van der Waals surface area contributed by atoms with Gasteiger partial charge in [-0.15, -0.1) is 0 Å². The molecular weight excluding hydrogens is 319 g/mol. The molecule has 0 amide bonds. The van der Waals surface area contributed by atoms with Crippen molar-refractivity contribution >= 4 is 17.8 Å². The van der Waals surface area contributed by atoms with Crippen molar-refractivity contribution in [2.75, 3.05) is 6.54 Å². The van der Waals surface area contributed by atoms with E-state index >= 15 is 0 Å². The second-order valence-corrected chi connectivity index (χ2v) is 8.10. The number of fused-ring (bicyclic) bond motifs is 1. The Balaban J connectivity index is 2.02. The van der Waals surface area contributed by atoms with E-state index in [9.17, 15) is 8.42 Å². The molecule has 2 aromatic rings. The third kappa shape index (κ3) is 3.10. The lowest BCUT2D eigenvalue weighted by molar-refractivity contribution is 0.546. The molecule has 4 nitrogen and oxygen atoms in total. The van der Waals surface area contributed by atoms with E-state index in [1.54, 1.807) is 24.3 Å². The smallest absolute Gasteiger partial charge is 0.206 e. The number of benzene rings is 2. The second-order valence-electron chi connectivity index (χ2n) is 6.15. The van der Waals surface area contributed by atoms with Gasteiger partial charge in [-0.25, -0.2) is 8.42 Å². The molecule has 0 unspecified atom stereocenters. The summed E-state index contributed by atoms with van der Waals surface area (Å²) in [6, 6.07) is 13.6. The maximum absolute atomic E-state index is 12.9. The van der Waals surface area contributed by atoms with E-state index in [4.69, 9.17) is 5.26 Å². The van der Waals surface area contributed by atoms with Crippen LogP contribution in [0, 0.1) is 11.3 Å². The minimum absolute atomic E-state index is 0.170. The van der Waals surface area contributed by atoms with Crippen molar-refractivity contribution in [1.29, 1.82) is 5.26 Å². The number of nitriles is 1. The van der Waals surface area contributed by atoms with Crippen LogP contribution >= 0.6 is 0 Å². The molecule has 1 aliphatic rings. The molecule has 3 rings (SSSR count). The van der Waals surface area contributed by atoms with Crippen LogP contribution in [0.25, 0.3) is 0 Å². The maximum atomic E-state index is 12.9. The highest BCUT2D eigenvalue weighted by Crippen LogP contribution is 2.33. The van der Waals surface area contributed by atoms with Gasteiger partial charge in [0.15, 0.2) is 7.98 Å². The first-order valence-electron chi connectivity index (χ1n) is 8.09. The molecule has 0 fully saturated rings. The lowest BCUT2D eigenvalue weighted by Crippen LogP contribution is -2.22. The zero-order valence-electron chi connectivity index (χ0n) is 13.6. The summed E-state index contributed by atoms with van der Waals surface area (Å²) in [6.07, 6.45) is 3.12. The molecule has 24 heavy (non-hydrogen) atoms. The van der Waals surface area contributed by atoms with Gasteiger partial charge < -0.3 is 5.23 Å². The Labute approximate surface area is 143 Å². The van der Waals surface area contributed by atoms with Gasteiger partial charge in [-0.1, -0.05) is 12.1 Å². The average molecular weight is 338 g/mol. The predicted molar refractivity (Wildman–Crippen MR) is 95.3 cm³/mol. The van der Waals surface area contributed by atoms with Gasteiger partial charge in [0.25, 0.3) is 0 Å². The summed E-state index contributed by atoms with van der Waals surface area (Å²) < 4.78 is 25.7. The summed E-state index contributed by atoms with van der Waals surface area (Å²) in [5.41, 5.74) is 2.72. The molecule has 1 aliphatic carbocycles. The monoisotopic (exact) mass is 338 g/mol. The molecular formula is C18H19BN2O2S. The molecule has 0 heterocycles. The van der Waals surface area contributed by atoms with Crippen molar-refractivity contribution in [2.45, 2.75) is 35.0 Å².